The molecule has 19 heavy (non-hydrogen) atoms. The highest BCUT2D eigenvalue weighted by Gasteiger charge is 2.08. The summed E-state index contributed by atoms with van der Waals surface area (Å²) >= 11 is 1.60. The number of hydrogen-bond donors (Lipinski definition) is 2. The van der Waals surface area contributed by atoms with Gasteiger partial charge in [-0.05, 0) is 17.9 Å². The third-order valence-corrected chi connectivity index (χ3v) is 4.13. The Hall–Kier alpha value is -1.21. The number of aromatic nitrogens is 2. The Morgan fingerprint density at radius 2 is 2.16 bits per heavy atom. The molecule has 5 nitrogen and oxygen atoms in total. The molecule has 0 amide bonds. The van der Waals surface area contributed by atoms with Crippen molar-refractivity contribution >= 4 is 44.1 Å². The summed E-state index contributed by atoms with van der Waals surface area (Å²) in [7, 11) is -0.792. The Bertz CT molecular complexity index is 570. The Kier molecular flexibility index (Phi) is 5.09. The van der Waals surface area contributed by atoms with Crippen LogP contribution in [0.15, 0.2) is 11.4 Å². The van der Waals surface area contributed by atoms with E-state index >= 15 is 0 Å². The van der Waals surface area contributed by atoms with Crippen molar-refractivity contribution < 1.29 is 4.21 Å². The predicted octanol–water partition coefficient (Wildman–Crippen LogP) is 2.30. The molecule has 2 aromatic rings. The average Bonchev–Trinajstić information content (AvgIpc) is 2.84. The second kappa shape index (κ2) is 6.81. The maximum Gasteiger partial charge on any atom is 0.226 e. The molecule has 0 saturated carbocycles. The molecule has 1 atom stereocenters. The topological polar surface area (TPSA) is 66.9 Å². The third kappa shape index (κ3) is 3.87. The van der Waals surface area contributed by atoms with Crippen molar-refractivity contribution in [2.45, 2.75) is 13.3 Å². The lowest BCUT2D eigenvalue weighted by molar-refractivity contribution is 0.687. The fourth-order valence-electron chi connectivity index (χ4n) is 1.62. The standard InChI is InChI=1S/C12H18N4OS2/c1-3-5-14-12-15-10(13-6-8-19(2)17)9-4-7-18-11(9)16-12/h4,7H,3,5-6,8H2,1-2H3,(H2,13,14,15,16). The van der Waals surface area contributed by atoms with Crippen molar-refractivity contribution in [2.24, 2.45) is 0 Å². The number of nitrogens with one attached hydrogen (secondary N) is 2. The number of thiophene rings is 1. The maximum atomic E-state index is 11.1. The van der Waals surface area contributed by atoms with Gasteiger partial charge in [-0.25, -0.2) is 4.98 Å². The number of fused-ring (bicyclic) bond motifs is 1. The van der Waals surface area contributed by atoms with Crippen molar-refractivity contribution in [3.63, 3.8) is 0 Å². The lowest BCUT2D eigenvalue weighted by Gasteiger charge is -2.09. The van der Waals surface area contributed by atoms with Gasteiger partial charge in [0.05, 0.1) is 5.39 Å². The van der Waals surface area contributed by atoms with E-state index in [4.69, 9.17) is 0 Å². The maximum absolute atomic E-state index is 11.1. The zero-order chi connectivity index (χ0) is 13.7. The number of nitrogens with zero attached hydrogens (tertiary/aromatic N) is 2. The number of hydrogen-bond acceptors (Lipinski definition) is 6. The Morgan fingerprint density at radius 1 is 1.32 bits per heavy atom. The van der Waals surface area contributed by atoms with Gasteiger partial charge in [-0.15, -0.1) is 11.3 Å². The lowest BCUT2D eigenvalue weighted by Crippen LogP contribution is -2.12. The first kappa shape index (κ1) is 14.2. The van der Waals surface area contributed by atoms with E-state index < -0.39 is 10.8 Å². The van der Waals surface area contributed by atoms with E-state index in [9.17, 15) is 4.21 Å². The summed E-state index contributed by atoms with van der Waals surface area (Å²) in [5, 5.41) is 9.47. The lowest BCUT2D eigenvalue weighted by atomic mass is 10.4. The van der Waals surface area contributed by atoms with Gasteiger partial charge in [-0.2, -0.15) is 4.98 Å². The van der Waals surface area contributed by atoms with Gasteiger partial charge in [0.2, 0.25) is 5.95 Å². The number of anilines is 2. The molecule has 0 aliphatic rings. The smallest absolute Gasteiger partial charge is 0.226 e. The third-order valence-electron chi connectivity index (χ3n) is 2.54. The van der Waals surface area contributed by atoms with Gasteiger partial charge in [0.15, 0.2) is 0 Å². The molecule has 2 rings (SSSR count). The highest BCUT2D eigenvalue weighted by Crippen LogP contribution is 2.26. The minimum atomic E-state index is -0.792. The molecule has 0 spiro atoms. The van der Waals surface area contributed by atoms with Crippen molar-refractivity contribution in [3.8, 4) is 0 Å². The Labute approximate surface area is 119 Å². The highest BCUT2D eigenvalue weighted by molar-refractivity contribution is 7.84. The fraction of sp³-hybridized carbons (Fsp3) is 0.500. The van der Waals surface area contributed by atoms with Crippen LogP contribution in [0.1, 0.15) is 13.3 Å². The van der Waals surface area contributed by atoms with Gasteiger partial charge in [-0.1, -0.05) is 6.92 Å². The van der Waals surface area contributed by atoms with E-state index in [0.29, 0.717) is 18.2 Å². The van der Waals surface area contributed by atoms with E-state index in [1.54, 1.807) is 17.6 Å². The Morgan fingerprint density at radius 3 is 2.89 bits per heavy atom. The fourth-order valence-corrected chi connectivity index (χ4v) is 2.77. The Balaban J connectivity index is 2.18. The monoisotopic (exact) mass is 298 g/mol. The summed E-state index contributed by atoms with van der Waals surface area (Å²) in [6.07, 6.45) is 2.74. The van der Waals surface area contributed by atoms with E-state index in [1.807, 2.05) is 11.4 Å². The first-order valence-electron chi connectivity index (χ1n) is 6.23. The molecule has 7 heteroatoms. The molecule has 0 saturated heterocycles. The molecule has 0 bridgehead atoms. The molecule has 0 radical (unpaired) electrons. The van der Waals surface area contributed by atoms with Crippen LogP contribution in [0.5, 0.6) is 0 Å². The van der Waals surface area contributed by atoms with E-state index in [2.05, 4.69) is 27.5 Å². The van der Waals surface area contributed by atoms with Crippen LogP contribution in [-0.4, -0.2) is 39.3 Å². The first-order valence-corrected chi connectivity index (χ1v) is 8.84. The zero-order valence-electron chi connectivity index (χ0n) is 11.1. The first-order chi connectivity index (χ1) is 9.20. The molecular weight excluding hydrogens is 280 g/mol. The van der Waals surface area contributed by atoms with Gasteiger partial charge in [-0.3, -0.25) is 4.21 Å². The van der Waals surface area contributed by atoms with Gasteiger partial charge < -0.3 is 10.6 Å². The van der Waals surface area contributed by atoms with Gasteiger partial charge in [0.1, 0.15) is 10.6 Å². The molecule has 2 aromatic heterocycles. The normalized spacial score (nSPS) is 12.5. The molecular formula is C12H18N4OS2. The van der Waals surface area contributed by atoms with E-state index in [-0.39, 0.29) is 0 Å². The quantitative estimate of drug-likeness (QED) is 0.821. The minimum Gasteiger partial charge on any atom is -0.368 e. The van der Waals surface area contributed by atoms with Gasteiger partial charge in [0.25, 0.3) is 0 Å². The SMILES string of the molecule is CCCNc1nc(NCCS(C)=O)c2ccsc2n1. The molecule has 2 N–H and O–H groups in total. The molecule has 2 heterocycles. The van der Waals surface area contributed by atoms with Gasteiger partial charge in [0, 0.05) is 35.9 Å². The summed E-state index contributed by atoms with van der Waals surface area (Å²) in [4.78, 5) is 9.92. The molecule has 0 aliphatic heterocycles. The van der Waals surface area contributed by atoms with Gasteiger partial charge >= 0.3 is 0 Å². The predicted molar refractivity (Wildman–Crippen MR) is 83.6 cm³/mol. The van der Waals surface area contributed by atoms with Crippen molar-refractivity contribution in [1.82, 2.24) is 9.97 Å². The van der Waals surface area contributed by atoms with E-state index in [1.165, 1.54) is 0 Å². The summed E-state index contributed by atoms with van der Waals surface area (Å²) in [5.41, 5.74) is 0. The zero-order valence-corrected chi connectivity index (χ0v) is 12.7. The second-order valence-electron chi connectivity index (χ2n) is 4.17. The van der Waals surface area contributed by atoms with Crippen molar-refractivity contribution in [2.75, 3.05) is 35.7 Å². The largest absolute Gasteiger partial charge is 0.368 e. The number of rotatable bonds is 7. The van der Waals surface area contributed by atoms with Crippen LogP contribution in [0, 0.1) is 0 Å². The summed E-state index contributed by atoms with van der Waals surface area (Å²) in [6.45, 7) is 3.61. The van der Waals surface area contributed by atoms with Crippen LogP contribution < -0.4 is 10.6 Å². The van der Waals surface area contributed by atoms with E-state index in [0.717, 1.165) is 29.0 Å². The van der Waals surface area contributed by atoms with Crippen LogP contribution in [0.4, 0.5) is 11.8 Å². The van der Waals surface area contributed by atoms with Crippen LogP contribution in [0.3, 0.4) is 0 Å². The van der Waals surface area contributed by atoms with Crippen LogP contribution >= 0.6 is 11.3 Å². The summed E-state index contributed by atoms with van der Waals surface area (Å²) < 4.78 is 11.1. The van der Waals surface area contributed by atoms with Crippen molar-refractivity contribution in [1.29, 1.82) is 0 Å². The summed E-state index contributed by atoms with van der Waals surface area (Å²) in [5.74, 6) is 2.08. The average molecular weight is 298 g/mol. The van der Waals surface area contributed by atoms with Crippen LogP contribution in [0.25, 0.3) is 10.2 Å². The second-order valence-corrected chi connectivity index (χ2v) is 6.62. The highest BCUT2D eigenvalue weighted by atomic mass is 32.2. The minimum absolute atomic E-state index is 0.618. The van der Waals surface area contributed by atoms with Crippen LogP contribution in [0.2, 0.25) is 0 Å². The summed E-state index contributed by atoms with van der Waals surface area (Å²) in [6, 6.07) is 2.01. The molecule has 0 aromatic carbocycles. The van der Waals surface area contributed by atoms with Crippen molar-refractivity contribution in [3.05, 3.63) is 11.4 Å². The molecule has 104 valence electrons. The molecule has 0 aliphatic carbocycles. The molecule has 0 fully saturated rings. The van der Waals surface area contributed by atoms with Crippen LogP contribution in [-0.2, 0) is 10.8 Å². The molecule has 1 unspecified atom stereocenters.